The van der Waals surface area contributed by atoms with Gasteiger partial charge < -0.3 is 4.90 Å². The van der Waals surface area contributed by atoms with Gasteiger partial charge in [0.1, 0.15) is 0 Å². The van der Waals surface area contributed by atoms with E-state index < -0.39 is 0 Å². The zero-order valence-corrected chi connectivity index (χ0v) is 11.5. The Hall–Kier alpha value is -1.36. The van der Waals surface area contributed by atoms with Crippen molar-refractivity contribution in [3.05, 3.63) is 17.5 Å². The predicted octanol–water partition coefficient (Wildman–Crippen LogP) is 0.876. The van der Waals surface area contributed by atoms with Crippen molar-refractivity contribution in [1.29, 1.82) is 0 Å². The maximum absolute atomic E-state index is 11.3. The van der Waals surface area contributed by atoms with E-state index in [0.29, 0.717) is 0 Å². The van der Waals surface area contributed by atoms with E-state index >= 15 is 0 Å². The number of amides is 1. The first kappa shape index (κ1) is 13.1. The predicted molar refractivity (Wildman–Crippen MR) is 70.2 cm³/mol. The lowest BCUT2D eigenvalue weighted by molar-refractivity contribution is -0.130. The van der Waals surface area contributed by atoms with E-state index in [0.717, 1.165) is 45.0 Å². The van der Waals surface area contributed by atoms with Gasteiger partial charge in [-0.15, -0.1) is 0 Å². The number of piperazine rings is 1. The highest BCUT2D eigenvalue weighted by Gasteiger charge is 2.19. The van der Waals surface area contributed by atoms with Gasteiger partial charge in [-0.2, -0.15) is 5.10 Å². The van der Waals surface area contributed by atoms with Gasteiger partial charge >= 0.3 is 0 Å². The van der Waals surface area contributed by atoms with Gasteiger partial charge in [-0.1, -0.05) is 0 Å². The van der Waals surface area contributed by atoms with Crippen LogP contribution in [-0.2, 0) is 17.9 Å². The molecule has 1 aliphatic heterocycles. The summed E-state index contributed by atoms with van der Waals surface area (Å²) in [7, 11) is 0. The third kappa shape index (κ3) is 2.90. The monoisotopic (exact) mass is 250 g/mol. The summed E-state index contributed by atoms with van der Waals surface area (Å²) in [6.07, 6.45) is 2.13. The van der Waals surface area contributed by atoms with E-state index in [4.69, 9.17) is 0 Å². The van der Waals surface area contributed by atoms with Crippen molar-refractivity contribution >= 4 is 5.91 Å². The molecule has 0 saturated carbocycles. The molecule has 0 atom stereocenters. The molecule has 0 spiro atoms. The van der Waals surface area contributed by atoms with E-state index in [1.165, 1.54) is 5.56 Å². The van der Waals surface area contributed by atoms with Gasteiger partial charge in [0.2, 0.25) is 5.91 Å². The molecule has 1 saturated heterocycles. The highest BCUT2D eigenvalue weighted by Crippen LogP contribution is 2.11. The van der Waals surface area contributed by atoms with E-state index in [9.17, 15) is 4.79 Å². The van der Waals surface area contributed by atoms with Crippen LogP contribution in [-0.4, -0.2) is 51.7 Å². The van der Waals surface area contributed by atoms with Gasteiger partial charge in [-0.05, 0) is 13.8 Å². The number of carbonyl (C=O) groups is 1. The Balaban J connectivity index is 1.91. The number of aryl methyl sites for hydroxylation is 2. The molecule has 1 amide bonds. The molecule has 1 aromatic heterocycles. The summed E-state index contributed by atoms with van der Waals surface area (Å²) >= 11 is 0. The Morgan fingerprint density at radius 1 is 1.33 bits per heavy atom. The highest BCUT2D eigenvalue weighted by atomic mass is 16.2. The van der Waals surface area contributed by atoms with Crippen LogP contribution in [0.5, 0.6) is 0 Å². The third-order valence-electron chi connectivity index (χ3n) is 3.58. The second kappa shape index (κ2) is 5.52. The molecule has 0 aliphatic carbocycles. The largest absolute Gasteiger partial charge is 0.340 e. The minimum Gasteiger partial charge on any atom is -0.340 e. The molecular weight excluding hydrogens is 228 g/mol. The zero-order chi connectivity index (χ0) is 13.1. The van der Waals surface area contributed by atoms with Crippen LogP contribution in [0, 0.1) is 6.92 Å². The molecule has 0 aromatic carbocycles. The lowest BCUT2D eigenvalue weighted by Crippen LogP contribution is -2.47. The Morgan fingerprint density at radius 3 is 2.50 bits per heavy atom. The van der Waals surface area contributed by atoms with Gasteiger partial charge in [0.05, 0.1) is 5.69 Å². The maximum atomic E-state index is 11.3. The maximum Gasteiger partial charge on any atom is 0.219 e. The first-order valence-corrected chi connectivity index (χ1v) is 6.61. The first-order valence-electron chi connectivity index (χ1n) is 6.61. The smallest absolute Gasteiger partial charge is 0.219 e. The van der Waals surface area contributed by atoms with Crippen molar-refractivity contribution in [2.45, 2.75) is 33.9 Å². The third-order valence-corrected chi connectivity index (χ3v) is 3.58. The summed E-state index contributed by atoms with van der Waals surface area (Å²) in [5, 5.41) is 4.46. The fourth-order valence-electron chi connectivity index (χ4n) is 2.34. The van der Waals surface area contributed by atoms with Gasteiger partial charge in [0, 0.05) is 58.0 Å². The Bertz CT molecular complexity index is 419. The summed E-state index contributed by atoms with van der Waals surface area (Å²) in [4.78, 5) is 15.6. The summed E-state index contributed by atoms with van der Waals surface area (Å²) in [6.45, 7) is 11.3. The summed E-state index contributed by atoms with van der Waals surface area (Å²) in [5.41, 5.74) is 2.42. The van der Waals surface area contributed by atoms with Crippen LogP contribution in [0.4, 0.5) is 0 Å². The molecule has 0 bridgehead atoms. The fourth-order valence-corrected chi connectivity index (χ4v) is 2.34. The number of nitrogens with zero attached hydrogens (tertiary/aromatic N) is 4. The number of hydrogen-bond donors (Lipinski definition) is 0. The number of aromatic nitrogens is 2. The quantitative estimate of drug-likeness (QED) is 0.799. The van der Waals surface area contributed by atoms with Gasteiger partial charge in [-0.25, -0.2) is 0 Å². The van der Waals surface area contributed by atoms with Crippen molar-refractivity contribution in [2.75, 3.05) is 26.2 Å². The number of carbonyl (C=O) groups excluding carboxylic acids is 1. The van der Waals surface area contributed by atoms with Crippen molar-refractivity contribution in [1.82, 2.24) is 19.6 Å². The average molecular weight is 250 g/mol. The van der Waals surface area contributed by atoms with Crippen LogP contribution >= 0.6 is 0 Å². The molecule has 2 rings (SSSR count). The molecule has 0 unspecified atom stereocenters. The Labute approximate surface area is 108 Å². The summed E-state index contributed by atoms with van der Waals surface area (Å²) < 4.78 is 1.98. The van der Waals surface area contributed by atoms with Gasteiger partial charge in [0.25, 0.3) is 0 Å². The normalized spacial score (nSPS) is 17.2. The van der Waals surface area contributed by atoms with Crippen LogP contribution in [0.2, 0.25) is 0 Å². The fraction of sp³-hybridized carbons (Fsp3) is 0.692. The molecule has 0 N–H and O–H groups in total. The minimum absolute atomic E-state index is 0.185. The molecule has 1 aliphatic rings. The van der Waals surface area contributed by atoms with E-state index in [-0.39, 0.29) is 5.91 Å². The van der Waals surface area contributed by atoms with Crippen LogP contribution in [0.3, 0.4) is 0 Å². The highest BCUT2D eigenvalue weighted by molar-refractivity contribution is 5.73. The van der Waals surface area contributed by atoms with Crippen LogP contribution in [0.15, 0.2) is 6.20 Å². The van der Waals surface area contributed by atoms with Crippen LogP contribution in [0.1, 0.15) is 25.1 Å². The van der Waals surface area contributed by atoms with Crippen molar-refractivity contribution in [2.24, 2.45) is 0 Å². The lowest BCUT2D eigenvalue weighted by atomic mass is 10.2. The number of hydrogen-bond acceptors (Lipinski definition) is 3. The molecule has 2 heterocycles. The number of rotatable bonds is 3. The van der Waals surface area contributed by atoms with Crippen LogP contribution in [0.25, 0.3) is 0 Å². The van der Waals surface area contributed by atoms with Crippen LogP contribution < -0.4 is 0 Å². The van der Waals surface area contributed by atoms with Crippen molar-refractivity contribution in [3.63, 3.8) is 0 Å². The average Bonchev–Trinajstić information content (AvgIpc) is 2.71. The zero-order valence-electron chi connectivity index (χ0n) is 11.5. The Kier molecular flexibility index (Phi) is 4.01. The van der Waals surface area contributed by atoms with E-state index in [1.54, 1.807) is 6.92 Å². The van der Waals surface area contributed by atoms with E-state index in [2.05, 4.69) is 30.0 Å². The second-order valence-electron chi connectivity index (χ2n) is 4.88. The molecule has 0 radical (unpaired) electrons. The topological polar surface area (TPSA) is 41.4 Å². The SMILES string of the molecule is CCn1cc(CN2CCN(C(C)=O)CC2)c(C)n1. The van der Waals surface area contributed by atoms with Gasteiger partial charge in [0.15, 0.2) is 0 Å². The van der Waals surface area contributed by atoms with Crippen molar-refractivity contribution in [3.8, 4) is 0 Å². The van der Waals surface area contributed by atoms with Crippen molar-refractivity contribution < 1.29 is 4.79 Å². The lowest BCUT2D eigenvalue weighted by Gasteiger charge is -2.34. The molecule has 5 nitrogen and oxygen atoms in total. The first-order chi connectivity index (χ1) is 8.60. The molecule has 100 valence electrons. The minimum atomic E-state index is 0.185. The summed E-state index contributed by atoms with van der Waals surface area (Å²) in [6, 6.07) is 0. The molecular formula is C13H22N4O. The molecule has 1 aromatic rings. The van der Waals surface area contributed by atoms with E-state index in [1.807, 2.05) is 9.58 Å². The second-order valence-corrected chi connectivity index (χ2v) is 4.88. The Morgan fingerprint density at radius 2 is 2.00 bits per heavy atom. The van der Waals surface area contributed by atoms with Gasteiger partial charge in [-0.3, -0.25) is 14.4 Å². The molecule has 5 heteroatoms. The standard InChI is InChI=1S/C13H22N4O/c1-4-17-10-13(11(2)14-17)9-15-5-7-16(8-6-15)12(3)18/h10H,4-9H2,1-3H3. The molecule has 18 heavy (non-hydrogen) atoms. The summed E-state index contributed by atoms with van der Waals surface area (Å²) in [5.74, 6) is 0.185. The molecule has 1 fully saturated rings.